The van der Waals surface area contributed by atoms with Gasteiger partial charge in [-0.25, -0.2) is 0 Å². The Morgan fingerprint density at radius 2 is 2.10 bits per heavy atom. The van der Waals surface area contributed by atoms with E-state index in [1.54, 1.807) is 12.1 Å². The van der Waals surface area contributed by atoms with Crippen molar-refractivity contribution in [2.45, 2.75) is 6.92 Å². The van der Waals surface area contributed by atoms with Crippen LogP contribution in [0.4, 0.5) is 11.5 Å². The molecule has 6 heteroatoms. The summed E-state index contributed by atoms with van der Waals surface area (Å²) >= 11 is 7.43. The summed E-state index contributed by atoms with van der Waals surface area (Å²) in [6.45, 7) is 1.93. The third-order valence-corrected chi connectivity index (χ3v) is 4.15. The van der Waals surface area contributed by atoms with E-state index in [-0.39, 0.29) is 5.75 Å². The highest BCUT2D eigenvalue weighted by Crippen LogP contribution is 2.31. The summed E-state index contributed by atoms with van der Waals surface area (Å²) in [5.74, 6) is 0.974. The van der Waals surface area contributed by atoms with Gasteiger partial charge in [-0.1, -0.05) is 11.6 Å². The van der Waals surface area contributed by atoms with Crippen LogP contribution in [0.2, 0.25) is 4.34 Å². The second kappa shape index (κ2) is 5.19. The van der Waals surface area contributed by atoms with Gasteiger partial charge < -0.3 is 10.4 Å². The van der Waals surface area contributed by atoms with Gasteiger partial charge in [-0.2, -0.15) is 5.10 Å². The molecule has 0 aliphatic carbocycles. The average molecular weight is 306 g/mol. The van der Waals surface area contributed by atoms with Crippen LogP contribution in [-0.2, 0) is 0 Å². The zero-order valence-electron chi connectivity index (χ0n) is 10.6. The molecule has 0 atom stereocenters. The number of aromatic amines is 1. The van der Waals surface area contributed by atoms with Gasteiger partial charge in [-0.15, -0.1) is 11.3 Å². The summed E-state index contributed by atoms with van der Waals surface area (Å²) < 4.78 is 0.749. The number of halogens is 1. The molecule has 0 spiro atoms. The van der Waals surface area contributed by atoms with Crippen LogP contribution < -0.4 is 5.32 Å². The zero-order chi connectivity index (χ0) is 14.1. The van der Waals surface area contributed by atoms with Gasteiger partial charge in [0.15, 0.2) is 5.82 Å². The number of nitrogens with one attached hydrogen (secondary N) is 2. The molecule has 3 aromatic rings. The SMILES string of the molecule is Cc1cc(O)ccc1Nc1cc(-c2ccc(Cl)s2)[nH]n1. The van der Waals surface area contributed by atoms with Crippen molar-refractivity contribution < 1.29 is 5.11 Å². The number of aromatic hydroxyl groups is 1. The Morgan fingerprint density at radius 1 is 1.25 bits per heavy atom. The number of benzene rings is 1. The maximum absolute atomic E-state index is 9.40. The summed E-state index contributed by atoms with van der Waals surface area (Å²) in [4.78, 5) is 1.04. The molecule has 2 aromatic heterocycles. The molecule has 0 saturated heterocycles. The second-order valence-corrected chi connectivity index (χ2v) is 6.11. The van der Waals surface area contributed by atoms with E-state index in [9.17, 15) is 5.11 Å². The summed E-state index contributed by atoms with van der Waals surface area (Å²) in [7, 11) is 0. The number of hydrogen-bond acceptors (Lipinski definition) is 4. The first-order valence-electron chi connectivity index (χ1n) is 5.99. The molecular formula is C14H12ClN3OS. The highest BCUT2D eigenvalue weighted by molar-refractivity contribution is 7.19. The predicted molar refractivity (Wildman–Crippen MR) is 83.0 cm³/mol. The number of thiophene rings is 1. The molecule has 0 amide bonds. The minimum atomic E-state index is 0.254. The number of phenolic OH excluding ortho intramolecular Hbond substituents is 1. The second-order valence-electron chi connectivity index (χ2n) is 4.39. The monoisotopic (exact) mass is 305 g/mol. The molecule has 0 saturated carbocycles. The Morgan fingerprint density at radius 3 is 2.80 bits per heavy atom. The zero-order valence-corrected chi connectivity index (χ0v) is 12.2. The first-order chi connectivity index (χ1) is 9.61. The standard InChI is InChI=1S/C14H12ClN3OS/c1-8-6-9(19)2-3-10(8)16-14-7-11(17-18-14)12-4-5-13(15)20-12/h2-7,19H,1H3,(H2,16,17,18). The van der Waals surface area contributed by atoms with E-state index in [1.807, 2.05) is 31.2 Å². The van der Waals surface area contributed by atoms with Crippen molar-refractivity contribution >= 4 is 34.4 Å². The van der Waals surface area contributed by atoms with Gasteiger partial charge in [0.25, 0.3) is 0 Å². The van der Waals surface area contributed by atoms with Crippen LogP contribution in [0.25, 0.3) is 10.6 Å². The van der Waals surface area contributed by atoms with Crippen molar-refractivity contribution in [3.8, 4) is 16.3 Å². The van der Waals surface area contributed by atoms with Crippen LogP contribution in [-0.4, -0.2) is 15.3 Å². The number of anilines is 2. The van der Waals surface area contributed by atoms with Crippen molar-refractivity contribution in [3.05, 3.63) is 46.3 Å². The molecule has 0 bridgehead atoms. The fraction of sp³-hybridized carbons (Fsp3) is 0.0714. The largest absolute Gasteiger partial charge is 0.508 e. The molecule has 1 aromatic carbocycles. The van der Waals surface area contributed by atoms with Crippen molar-refractivity contribution in [2.75, 3.05) is 5.32 Å². The molecule has 0 fully saturated rings. The maximum atomic E-state index is 9.40. The summed E-state index contributed by atoms with van der Waals surface area (Å²) in [6.07, 6.45) is 0. The van der Waals surface area contributed by atoms with E-state index >= 15 is 0 Å². The first kappa shape index (κ1) is 13.0. The Kier molecular flexibility index (Phi) is 3.38. The van der Waals surface area contributed by atoms with Gasteiger partial charge in [0.1, 0.15) is 5.75 Å². The summed E-state index contributed by atoms with van der Waals surface area (Å²) in [6, 6.07) is 10.9. The molecular weight excluding hydrogens is 294 g/mol. The molecule has 2 heterocycles. The maximum Gasteiger partial charge on any atom is 0.152 e. The van der Waals surface area contributed by atoms with Crippen molar-refractivity contribution in [1.29, 1.82) is 0 Å². The number of H-pyrrole nitrogens is 1. The Bertz CT molecular complexity index is 750. The minimum Gasteiger partial charge on any atom is -0.508 e. The van der Waals surface area contributed by atoms with E-state index in [0.717, 1.165) is 32.0 Å². The van der Waals surface area contributed by atoms with Crippen LogP contribution in [0, 0.1) is 6.92 Å². The Hall–Kier alpha value is -1.98. The third-order valence-electron chi connectivity index (χ3n) is 2.89. The molecule has 20 heavy (non-hydrogen) atoms. The van der Waals surface area contributed by atoms with Gasteiger partial charge in [-0.05, 0) is 42.8 Å². The lowest BCUT2D eigenvalue weighted by Crippen LogP contribution is -1.92. The van der Waals surface area contributed by atoms with Gasteiger partial charge in [0.05, 0.1) is 14.9 Å². The van der Waals surface area contributed by atoms with E-state index in [1.165, 1.54) is 11.3 Å². The highest BCUT2D eigenvalue weighted by atomic mass is 35.5. The smallest absolute Gasteiger partial charge is 0.152 e. The molecule has 3 rings (SSSR count). The van der Waals surface area contributed by atoms with E-state index in [2.05, 4.69) is 15.5 Å². The van der Waals surface area contributed by atoms with Gasteiger partial charge >= 0.3 is 0 Å². The Labute approximate surface area is 125 Å². The summed E-state index contributed by atoms with van der Waals surface area (Å²) in [5.41, 5.74) is 2.78. The highest BCUT2D eigenvalue weighted by Gasteiger charge is 2.07. The Balaban J connectivity index is 1.84. The van der Waals surface area contributed by atoms with E-state index < -0.39 is 0 Å². The average Bonchev–Trinajstić information content (AvgIpc) is 3.02. The molecule has 0 aliphatic rings. The van der Waals surface area contributed by atoms with Crippen LogP contribution in [0.5, 0.6) is 5.75 Å². The number of hydrogen-bond donors (Lipinski definition) is 3. The molecule has 0 radical (unpaired) electrons. The quantitative estimate of drug-likeness (QED) is 0.622. The van der Waals surface area contributed by atoms with Crippen molar-refractivity contribution in [3.63, 3.8) is 0 Å². The van der Waals surface area contributed by atoms with Gasteiger partial charge in [-0.3, -0.25) is 5.10 Å². The normalized spacial score (nSPS) is 10.7. The molecule has 3 N–H and O–H groups in total. The van der Waals surface area contributed by atoms with Gasteiger partial charge in [0, 0.05) is 11.8 Å². The fourth-order valence-electron chi connectivity index (χ4n) is 1.90. The van der Waals surface area contributed by atoms with Crippen LogP contribution >= 0.6 is 22.9 Å². The topological polar surface area (TPSA) is 60.9 Å². The van der Waals surface area contributed by atoms with E-state index in [0.29, 0.717) is 0 Å². The van der Waals surface area contributed by atoms with Crippen LogP contribution in [0.1, 0.15) is 5.56 Å². The number of nitrogens with zero attached hydrogens (tertiary/aromatic N) is 1. The van der Waals surface area contributed by atoms with Crippen molar-refractivity contribution in [1.82, 2.24) is 10.2 Å². The lowest BCUT2D eigenvalue weighted by molar-refractivity contribution is 0.475. The number of phenols is 1. The first-order valence-corrected chi connectivity index (χ1v) is 7.19. The molecule has 0 unspecified atom stereocenters. The van der Waals surface area contributed by atoms with Gasteiger partial charge in [0.2, 0.25) is 0 Å². The molecule has 4 nitrogen and oxygen atoms in total. The van der Waals surface area contributed by atoms with Crippen molar-refractivity contribution in [2.24, 2.45) is 0 Å². The predicted octanol–water partition coefficient (Wildman–Crippen LogP) is 4.55. The number of aromatic nitrogens is 2. The lowest BCUT2D eigenvalue weighted by Gasteiger charge is -2.06. The fourth-order valence-corrected chi connectivity index (χ4v) is 2.91. The lowest BCUT2D eigenvalue weighted by atomic mass is 10.2. The molecule has 0 aliphatic heterocycles. The van der Waals surface area contributed by atoms with E-state index in [4.69, 9.17) is 11.6 Å². The number of rotatable bonds is 3. The van der Waals surface area contributed by atoms with Crippen LogP contribution in [0.3, 0.4) is 0 Å². The molecule has 102 valence electrons. The minimum absolute atomic E-state index is 0.254. The van der Waals surface area contributed by atoms with Crippen LogP contribution in [0.15, 0.2) is 36.4 Å². The summed E-state index contributed by atoms with van der Waals surface area (Å²) in [5, 5.41) is 19.8. The third kappa shape index (κ3) is 2.64. The number of aryl methyl sites for hydroxylation is 1.